The number of esters is 1. The molecule has 0 amide bonds. The number of thiazole rings is 1. The van der Waals surface area contributed by atoms with Crippen molar-refractivity contribution in [3.8, 4) is 0 Å². The lowest BCUT2D eigenvalue weighted by Crippen LogP contribution is -2.08. The molecule has 0 aliphatic rings. The summed E-state index contributed by atoms with van der Waals surface area (Å²) < 4.78 is 5.18. The number of carbonyl (C=O) groups is 1. The van der Waals surface area contributed by atoms with Crippen molar-refractivity contribution in [2.24, 2.45) is 0 Å². The van der Waals surface area contributed by atoms with Gasteiger partial charge in [0.25, 0.3) is 0 Å². The Bertz CT molecular complexity index is 399. The molecule has 0 aromatic carbocycles. The fraction of sp³-hybridized carbons (Fsp3) is 0.500. The molecule has 1 rings (SSSR count). The molecule has 0 aliphatic heterocycles. The van der Waals surface area contributed by atoms with Gasteiger partial charge in [0.1, 0.15) is 0 Å². The first kappa shape index (κ1) is 13.7. The van der Waals surface area contributed by atoms with Crippen LogP contribution in [0, 0.1) is 0 Å². The molecule has 94 valence electrons. The number of anilines is 1. The molecule has 0 radical (unpaired) electrons. The summed E-state index contributed by atoms with van der Waals surface area (Å²) in [6.45, 7) is 4.36. The Hall–Kier alpha value is -1.36. The topological polar surface area (TPSA) is 65.2 Å². The van der Waals surface area contributed by atoms with Crippen LogP contribution < -0.4 is 5.73 Å². The van der Waals surface area contributed by atoms with Crippen LogP contribution in [0.4, 0.5) is 5.13 Å². The van der Waals surface area contributed by atoms with E-state index in [9.17, 15) is 4.79 Å². The van der Waals surface area contributed by atoms with Crippen LogP contribution in [-0.2, 0) is 9.53 Å². The summed E-state index contributed by atoms with van der Waals surface area (Å²) in [6.07, 6.45) is 4.79. The number of hydrogen-bond acceptors (Lipinski definition) is 5. The predicted molar refractivity (Wildman–Crippen MR) is 70.7 cm³/mol. The minimum atomic E-state index is -0.325. The largest absolute Gasteiger partial charge is 0.462 e. The molecule has 0 atom stereocenters. The van der Waals surface area contributed by atoms with E-state index in [1.165, 1.54) is 11.3 Å². The van der Waals surface area contributed by atoms with Gasteiger partial charge in [-0.2, -0.15) is 0 Å². The zero-order chi connectivity index (χ0) is 12.7. The highest BCUT2D eigenvalue weighted by atomic mass is 32.1. The van der Waals surface area contributed by atoms with Crippen molar-refractivity contribution in [1.82, 2.24) is 4.98 Å². The maximum Gasteiger partial charge on any atom is 0.340 e. The Kier molecular flexibility index (Phi) is 5.69. The Balaban J connectivity index is 2.54. The van der Waals surface area contributed by atoms with Gasteiger partial charge in [0, 0.05) is 5.38 Å². The van der Waals surface area contributed by atoms with Crippen LogP contribution in [-0.4, -0.2) is 17.6 Å². The van der Waals surface area contributed by atoms with Gasteiger partial charge < -0.3 is 10.5 Å². The summed E-state index contributed by atoms with van der Waals surface area (Å²) in [5.74, 6) is -0.325. The molecule has 0 unspecified atom stereocenters. The number of hydrogen-bond donors (Lipinski definition) is 1. The molecular weight excluding hydrogens is 236 g/mol. The van der Waals surface area contributed by atoms with Crippen molar-refractivity contribution in [2.45, 2.75) is 33.1 Å². The summed E-state index contributed by atoms with van der Waals surface area (Å²) in [6, 6.07) is 0. The Morgan fingerprint density at radius 2 is 2.35 bits per heavy atom. The van der Waals surface area contributed by atoms with E-state index < -0.39 is 0 Å². The average Bonchev–Trinajstić information content (AvgIpc) is 2.72. The molecule has 1 heterocycles. The highest BCUT2D eigenvalue weighted by Gasteiger charge is 2.15. The van der Waals surface area contributed by atoms with E-state index in [-0.39, 0.29) is 5.97 Å². The fourth-order valence-corrected chi connectivity index (χ4v) is 1.94. The Morgan fingerprint density at radius 3 is 2.88 bits per heavy atom. The number of carbonyl (C=O) groups excluding carboxylic acids is 1. The molecule has 4 nitrogen and oxygen atoms in total. The minimum absolute atomic E-state index is 0.325. The minimum Gasteiger partial charge on any atom is -0.462 e. The van der Waals surface area contributed by atoms with Crippen molar-refractivity contribution in [1.29, 1.82) is 0 Å². The second-order valence-electron chi connectivity index (χ2n) is 3.62. The Labute approximate surface area is 106 Å². The third kappa shape index (κ3) is 4.19. The lowest BCUT2D eigenvalue weighted by molar-refractivity contribution is -0.136. The molecule has 0 spiro atoms. The first-order valence-corrected chi connectivity index (χ1v) is 6.61. The highest BCUT2D eigenvalue weighted by molar-refractivity contribution is 7.13. The van der Waals surface area contributed by atoms with Crippen LogP contribution in [0.3, 0.4) is 0 Å². The maximum absolute atomic E-state index is 11.8. The van der Waals surface area contributed by atoms with E-state index in [1.807, 2.05) is 0 Å². The van der Waals surface area contributed by atoms with Gasteiger partial charge in [-0.1, -0.05) is 25.8 Å². The van der Waals surface area contributed by atoms with Crippen LogP contribution in [0.2, 0.25) is 0 Å². The summed E-state index contributed by atoms with van der Waals surface area (Å²) >= 11 is 1.32. The lowest BCUT2D eigenvalue weighted by Gasteiger charge is -2.05. The second kappa shape index (κ2) is 7.06. The first-order chi connectivity index (χ1) is 8.19. The monoisotopic (exact) mass is 254 g/mol. The fourth-order valence-electron chi connectivity index (χ4n) is 1.38. The van der Waals surface area contributed by atoms with Crippen molar-refractivity contribution in [3.05, 3.63) is 17.2 Å². The molecule has 0 saturated heterocycles. The normalized spacial score (nSPS) is 11.5. The highest BCUT2D eigenvalue weighted by Crippen LogP contribution is 2.20. The average molecular weight is 254 g/mol. The lowest BCUT2D eigenvalue weighted by atomic mass is 10.2. The van der Waals surface area contributed by atoms with Crippen LogP contribution in [0.15, 0.2) is 11.5 Å². The van der Waals surface area contributed by atoms with Gasteiger partial charge in [0.05, 0.1) is 17.9 Å². The third-order valence-corrected chi connectivity index (χ3v) is 2.96. The van der Waals surface area contributed by atoms with Gasteiger partial charge in [-0.3, -0.25) is 0 Å². The van der Waals surface area contributed by atoms with Crippen LogP contribution >= 0.6 is 11.3 Å². The number of allylic oxidation sites excluding steroid dienone is 1. The van der Waals surface area contributed by atoms with Crippen molar-refractivity contribution < 1.29 is 9.53 Å². The molecule has 2 N–H and O–H groups in total. The number of nitrogen functional groups attached to an aromatic ring is 1. The molecule has 0 aliphatic carbocycles. The smallest absolute Gasteiger partial charge is 0.340 e. The second-order valence-corrected chi connectivity index (χ2v) is 4.51. The standard InChI is InChI=1S/C12H18N2O2S/c1-3-5-6-7-16-11(15)9(4-2)10-8-17-12(13)14-10/h4,8H,3,5-7H2,1-2H3,(H2,13,14). The van der Waals surface area contributed by atoms with Crippen molar-refractivity contribution in [2.75, 3.05) is 12.3 Å². The number of nitrogens with two attached hydrogens (primary N) is 1. The molecular formula is C12H18N2O2S. The Morgan fingerprint density at radius 1 is 1.59 bits per heavy atom. The van der Waals surface area contributed by atoms with Crippen molar-refractivity contribution in [3.63, 3.8) is 0 Å². The molecule has 1 aromatic heterocycles. The molecule has 0 fully saturated rings. The van der Waals surface area contributed by atoms with Crippen LogP contribution in [0.1, 0.15) is 38.8 Å². The van der Waals surface area contributed by atoms with Gasteiger partial charge in [0.2, 0.25) is 0 Å². The summed E-state index contributed by atoms with van der Waals surface area (Å²) in [5.41, 5.74) is 6.61. The number of ether oxygens (including phenoxy) is 1. The zero-order valence-corrected chi connectivity index (χ0v) is 11.0. The SMILES string of the molecule is CC=C(C(=O)OCCCCC)c1csc(N)n1. The van der Waals surface area contributed by atoms with E-state index in [0.717, 1.165) is 19.3 Å². The van der Waals surface area contributed by atoms with E-state index in [0.29, 0.717) is 23.0 Å². The van der Waals surface area contributed by atoms with Crippen LogP contribution in [0.5, 0.6) is 0 Å². The molecule has 0 saturated carbocycles. The van der Waals surface area contributed by atoms with Crippen LogP contribution in [0.25, 0.3) is 5.57 Å². The summed E-state index contributed by atoms with van der Waals surface area (Å²) in [4.78, 5) is 15.9. The van der Waals surface area contributed by atoms with Gasteiger partial charge >= 0.3 is 5.97 Å². The molecule has 0 bridgehead atoms. The van der Waals surface area contributed by atoms with Gasteiger partial charge in [-0.25, -0.2) is 9.78 Å². The first-order valence-electron chi connectivity index (χ1n) is 5.73. The molecule has 5 heteroatoms. The number of nitrogens with zero attached hydrogens (tertiary/aromatic N) is 1. The van der Waals surface area contributed by atoms with E-state index >= 15 is 0 Å². The molecule has 1 aromatic rings. The van der Waals surface area contributed by atoms with E-state index in [1.54, 1.807) is 18.4 Å². The summed E-state index contributed by atoms with van der Waals surface area (Å²) in [5, 5.41) is 2.22. The summed E-state index contributed by atoms with van der Waals surface area (Å²) in [7, 11) is 0. The molecule has 17 heavy (non-hydrogen) atoms. The van der Waals surface area contributed by atoms with E-state index in [4.69, 9.17) is 10.5 Å². The van der Waals surface area contributed by atoms with Crippen molar-refractivity contribution >= 4 is 28.0 Å². The number of aromatic nitrogens is 1. The van der Waals surface area contributed by atoms with E-state index in [2.05, 4.69) is 11.9 Å². The predicted octanol–water partition coefficient (Wildman–Crippen LogP) is 2.86. The van der Waals surface area contributed by atoms with Gasteiger partial charge in [-0.05, 0) is 13.3 Å². The maximum atomic E-state index is 11.8. The van der Waals surface area contributed by atoms with Gasteiger partial charge in [0.15, 0.2) is 5.13 Å². The zero-order valence-electron chi connectivity index (χ0n) is 10.2. The third-order valence-electron chi connectivity index (χ3n) is 2.29. The number of rotatable bonds is 6. The van der Waals surface area contributed by atoms with Gasteiger partial charge in [-0.15, -0.1) is 11.3 Å². The number of unbranched alkanes of at least 4 members (excludes halogenated alkanes) is 2. The quantitative estimate of drug-likeness (QED) is 0.481.